The van der Waals surface area contributed by atoms with Gasteiger partial charge in [0.05, 0.1) is 18.8 Å². The van der Waals surface area contributed by atoms with Crippen molar-refractivity contribution in [3.05, 3.63) is 30.3 Å². The van der Waals surface area contributed by atoms with E-state index in [0.717, 1.165) is 25.1 Å². The molecule has 1 amide bonds. The Hall–Kier alpha value is -1.59. The average molecular weight is 332 g/mol. The van der Waals surface area contributed by atoms with Gasteiger partial charge in [-0.15, -0.1) is 0 Å². The van der Waals surface area contributed by atoms with Crippen molar-refractivity contribution in [2.24, 2.45) is 0 Å². The van der Waals surface area contributed by atoms with Gasteiger partial charge in [0.25, 0.3) is 0 Å². The molecule has 0 bridgehead atoms. The van der Waals surface area contributed by atoms with Crippen molar-refractivity contribution in [1.29, 1.82) is 0 Å². The maximum Gasteiger partial charge on any atom is 0.224 e. The molecule has 0 radical (unpaired) electrons. The SMILES string of the molecule is CC1CC(NC2CC(=O)N(CCOc3ccccc3)C2)CC(C)O1. The maximum absolute atomic E-state index is 12.2. The van der Waals surface area contributed by atoms with Crippen molar-refractivity contribution in [1.82, 2.24) is 10.2 Å². The summed E-state index contributed by atoms with van der Waals surface area (Å²) in [6.07, 6.45) is 3.21. The molecule has 3 rings (SSSR count). The van der Waals surface area contributed by atoms with Crippen LogP contribution in [0.5, 0.6) is 5.75 Å². The van der Waals surface area contributed by atoms with E-state index in [1.807, 2.05) is 35.2 Å². The molecule has 132 valence electrons. The second kappa shape index (κ2) is 7.99. The Bertz CT molecular complexity index is 527. The maximum atomic E-state index is 12.2. The van der Waals surface area contributed by atoms with Crippen molar-refractivity contribution >= 4 is 5.91 Å². The molecule has 3 atom stereocenters. The van der Waals surface area contributed by atoms with Crippen molar-refractivity contribution in [3.63, 3.8) is 0 Å². The van der Waals surface area contributed by atoms with E-state index < -0.39 is 0 Å². The molecule has 5 heteroatoms. The standard InChI is InChI=1S/C19H28N2O3/c1-14-10-16(11-15(2)24-14)20-17-12-19(22)21(13-17)8-9-23-18-6-4-3-5-7-18/h3-7,14-17,20H,8-13H2,1-2H3. The molecule has 5 nitrogen and oxygen atoms in total. The van der Waals surface area contributed by atoms with E-state index in [-0.39, 0.29) is 11.9 Å². The third kappa shape index (κ3) is 4.71. The summed E-state index contributed by atoms with van der Waals surface area (Å²) in [6.45, 7) is 6.20. The fourth-order valence-electron chi connectivity index (χ4n) is 3.76. The number of ether oxygens (including phenoxy) is 2. The summed E-state index contributed by atoms with van der Waals surface area (Å²) in [7, 11) is 0. The first-order valence-corrected chi connectivity index (χ1v) is 8.97. The number of carbonyl (C=O) groups is 1. The molecule has 0 saturated carbocycles. The van der Waals surface area contributed by atoms with Gasteiger partial charge < -0.3 is 19.7 Å². The summed E-state index contributed by atoms with van der Waals surface area (Å²) >= 11 is 0. The van der Waals surface area contributed by atoms with Gasteiger partial charge in [-0.2, -0.15) is 0 Å². The van der Waals surface area contributed by atoms with Crippen LogP contribution in [0.3, 0.4) is 0 Å². The normalized spacial score (nSPS) is 30.6. The molecule has 3 unspecified atom stereocenters. The third-order valence-electron chi connectivity index (χ3n) is 4.76. The molecule has 1 N–H and O–H groups in total. The quantitative estimate of drug-likeness (QED) is 0.868. The van der Waals surface area contributed by atoms with Crippen LogP contribution in [0, 0.1) is 0 Å². The first-order chi connectivity index (χ1) is 11.6. The van der Waals surface area contributed by atoms with E-state index in [4.69, 9.17) is 9.47 Å². The Morgan fingerprint density at radius 3 is 2.58 bits per heavy atom. The van der Waals surface area contributed by atoms with Gasteiger partial charge in [0.2, 0.25) is 5.91 Å². The predicted octanol–water partition coefficient (Wildman–Crippen LogP) is 2.21. The number of hydrogen-bond acceptors (Lipinski definition) is 4. The predicted molar refractivity (Wildman–Crippen MR) is 93.1 cm³/mol. The molecule has 1 aromatic carbocycles. The van der Waals surface area contributed by atoms with E-state index >= 15 is 0 Å². The number of amides is 1. The Balaban J connectivity index is 1.42. The van der Waals surface area contributed by atoms with E-state index in [0.29, 0.717) is 37.8 Å². The summed E-state index contributed by atoms with van der Waals surface area (Å²) < 4.78 is 11.5. The topological polar surface area (TPSA) is 50.8 Å². The number of rotatable bonds is 6. The van der Waals surface area contributed by atoms with E-state index in [9.17, 15) is 4.79 Å². The first kappa shape index (κ1) is 17.2. The first-order valence-electron chi connectivity index (χ1n) is 8.97. The Morgan fingerprint density at radius 1 is 1.17 bits per heavy atom. The van der Waals surface area contributed by atoms with Crippen molar-refractivity contribution in [2.45, 2.75) is 57.4 Å². The largest absolute Gasteiger partial charge is 0.492 e. The van der Waals surface area contributed by atoms with Gasteiger partial charge in [0.1, 0.15) is 12.4 Å². The Morgan fingerprint density at radius 2 is 1.88 bits per heavy atom. The highest BCUT2D eigenvalue weighted by Crippen LogP contribution is 2.21. The summed E-state index contributed by atoms with van der Waals surface area (Å²) in [5, 5.41) is 3.66. The third-order valence-corrected chi connectivity index (χ3v) is 4.76. The lowest BCUT2D eigenvalue weighted by Gasteiger charge is -2.34. The average Bonchev–Trinajstić information content (AvgIpc) is 2.87. The lowest BCUT2D eigenvalue weighted by molar-refractivity contribution is -0.128. The molecule has 0 aromatic heterocycles. The summed E-state index contributed by atoms with van der Waals surface area (Å²) in [4.78, 5) is 14.1. The van der Waals surface area contributed by atoms with Crippen LogP contribution in [-0.4, -0.2) is 54.8 Å². The zero-order valence-corrected chi connectivity index (χ0v) is 14.6. The van der Waals surface area contributed by atoms with Crippen molar-refractivity contribution in [2.75, 3.05) is 19.7 Å². The second-order valence-corrected chi connectivity index (χ2v) is 6.99. The highest BCUT2D eigenvalue weighted by atomic mass is 16.5. The van der Waals surface area contributed by atoms with Gasteiger partial charge in [-0.25, -0.2) is 0 Å². The molecule has 2 fully saturated rings. The number of hydrogen-bond donors (Lipinski definition) is 1. The minimum atomic E-state index is 0.220. The lowest BCUT2D eigenvalue weighted by Crippen LogP contribution is -2.46. The summed E-state index contributed by atoms with van der Waals surface area (Å²) in [5.41, 5.74) is 0. The zero-order valence-electron chi connectivity index (χ0n) is 14.6. The minimum absolute atomic E-state index is 0.220. The van der Waals surface area contributed by atoms with Gasteiger partial charge in [-0.05, 0) is 38.8 Å². The fourth-order valence-corrected chi connectivity index (χ4v) is 3.76. The summed E-state index contributed by atoms with van der Waals surface area (Å²) in [5.74, 6) is 1.07. The Labute approximate surface area is 144 Å². The zero-order chi connectivity index (χ0) is 16.9. The minimum Gasteiger partial charge on any atom is -0.492 e. The smallest absolute Gasteiger partial charge is 0.224 e. The van der Waals surface area contributed by atoms with Gasteiger partial charge in [-0.1, -0.05) is 18.2 Å². The van der Waals surface area contributed by atoms with Crippen LogP contribution in [0.15, 0.2) is 30.3 Å². The highest BCUT2D eigenvalue weighted by molar-refractivity contribution is 5.79. The van der Waals surface area contributed by atoms with Crippen LogP contribution in [-0.2, 0) is 9.53 Å². The van der Waals surface area contributed by atoms with Crippen LogP contribution < -0.4 is 10.1 Å². The van der Waals surface area contributed by atoms with E-state index in [2.05, 4.69) is 19.2 Å². The van der Waals surface area contributed by atoms with Gasteiger partial charge in [0.15, 0.2) is 0 Å². The number of likely N-dealkylation sites (tertiary alicyclic amines) is 1. The highest BCUT2D eigenvalue weighted by Gasteiger charge is 2.33. The molecule has 2 aliphatic rings. The van der Waals surface area contributed by atoms with E-state index in [1.54, 1.807) is 0 Å². The Kier molecular flexibility index (Phi) is 5.74. The molecule has 1 aromatic rings. The van der Waals surface area contributed by atoms with E-state index in [1.165, 1.54) is 0 Å². The molecule has 2 heterocycles. The van der Waals surface area contributed by atoms with Crippen molar-refractivity contribution < 1.29 is 14.3 Å². The number of para-hydroxylation sites is 1. The second-order valence-electron chi connectivity index (χ2n) is 6.99. The fraction of sp³-hybridized carbons (Fsp3) is 0.632. The molecule has 0 spiro atoms. The van der Waals surface area contributed by atoms with Crippen LogP contribution in [0.1, 0.15) is 33.1 Å². The van der Waals surface area contributed by atoms with Crippen molar-refractivity contribution in [3.8, 4) is 5.75 Å². The lowest BCUT2D eigenvalue weighted by atomic mass is 9.99. The van der Waals surface area contributed by atoms with Crippen LogP contribution in [0.4, 0.5) is 0 Å². The van der Waals surface area contributed by atoms with Gasteiger partial charge in [0, 0.05) is 25.0 Å². The number of benzene rings is 1. The molecule has 2 saturated heterocycles. The van der Waals surface area contributed by atoms with Crippen LogP contribution >= 0.6 is 0 Å². The number of nitrogens with zero attached hydrogens (tertiary/aromatic N) is 1. The number of carbonyl (C=O) groups excluding carboxylic acids is 1. The molecular weight excluding hydrogens is 304 g/mol. The number of nitrogens with one attached hydrogen (secondary N) is 1. The molecule has 0 aliphatic carbocycles. The van der Waals surface area contributed by atoms with Crippen LogP contribution in [0.25, 0.3) is 0 Å². The molecular formula is C19H28N2O3. The van der Waals surface area contributed by atoms with Gasteiger partial charge >= 0.3 is 0 Å². The monoisotopic (exact) mass is 332 g/mol. The molecule has 2 aliphatic heterocycles. The van der Waals surface area contributed by atoms with Gasteiger partial charge in [-0.3, -0.25) is 4.79 Å². The molecule has 24 heavy (non-hydrogen) atoms. The van der Waals surface area contributed by atoms with Crippen LogP contribution in [0.2, 0.25) is 0 Å². The summed E-state index contributed by atoms with van der Waals surface area (Å²) in [6, 6.07) is 10.4.